The van der Waals surface area contributed by atoms with Crippen molar-refractivity contribution in [3.05, 3.63) is 66.0 Å². The Balaban J connectivity index is 1.60. The minimum atomic E-state index is -0.374. The van der Waals surface area contributed by atoms with Gasteiger partial charge in [0.05, 0.1) is 5.75 Å². The number of Topliss-reactive ketones (excluding diaryl/α,β-unsaturated/α-hetero) is 1. The first-order valence-electron chi connectivity index (χ1n) is 8.52. The summed E-state index contributed by atoms with van der Waals surface area (Å²) in [5, 5.41) is 8.78. The van der Waals surface area contributed by atoms with Crippen LogP contribution < -0.4 is 5.73 Å². The molecule has 1 aromatic heterocycles. The summed E-state index contributed by atoms with van der Waals surface area (Å²) in [5.41, 5.74) is 8.02. The normalized spacial score (nSPS) is 10.7. The smallest absolute Gasteiger partial charge is 0.217 e. The molecule has 1 amide bonds. The number of rotatable bonds is 8. The lowest BCUT2D eigenvalue weighted by Crippen LogP contribution is -2.13. The van der Waals surface area contributed by atoms with E-state index in [0.717, 1.165) is 11.1 Å². The second-order valence-corrected chi connectivity index (χ2v) is 7.02. The Labute approximate surface area is 161 Å². The van der Waals surface area contributed by atoms with E-state index in [1.54, 1.807) is 4.57 Å². The molecule has 0 radical (unpaired) electrons. The van der Waals surface area contributed by atoms with Gasteiger partial charge in [0, 0.05) is 25.5 Å². The standard InChI is InChI=1S/C20H20N4O2S/c1-24-19(12-11-18(21)26)22-23-20(24)27-13-17(25)16-9-7-15(8-10-16)14-5-3-2-4-6-14/h2-10H,11-13H2,1H3,(H2,21,26). The van der Waals surface area contributed by atoms with Crippen molar-refractivity contribution in [3.63, 3.8) is 0 Å². The summed E-state index contributed by atoms with van der Waals surface area (Å²) in [6.45, 7) is 0. The predicted molar refractivity (Wildman–Crippen MR) is 105 cm³/mol. The monoisotopic (exact) mass is 380 g/mol. The number of thioether (sulfide) groups is 1. The third-order valence-electron chi connectivity index (χ3n) is 4.17. The maximum absolute atomic E-state index is 12.5. The lowest BCUT2D eigenvalue weighted by molar-refractivity contribution is -0.118. The third kappa shape index (κ3) is 4.83. The number of benzene rings is 2. The van der Waals surface area contributed by atoms with Crippen molar-refractivity contribution in [3.8, 4) is 11.1 Å². The molecule has 0 atom stereocenters. The highest BCUT2D eigenvalue weighted by molar-refractivity contribution is 7.99. The molecule has 2 aromatic carbocycles. The summed E-state index contributed by atoms with van der Waals surface area (Å²) in [6, 6.07) is 17.6. The number of hydrogen-bond donors (Lipinski definition) is 1. The second-order valence-electron chi connectivity index (χ2n) is 6.08. The van der Waals surface area contributed by atoms with Gasteiger partial charge < -0.3 is 10.3 Å². The summed E-state index contributed by atoms with van der Waals surface area (Å²) < 4.78 is 1.79. The molecule has 0 saturated carbocycles. The van der Waals surface area contributed by atoms with Gasteiger partial charge >= 0.3 is 0 Å². The van der Waals surface area contributed by atoms with E-state index >= 15 is 0 Å². The molecule has 138 valence electrons. The number of aryl methyl sites for hydroxylation is 1. The molecule has 2 N–H and O–H groups in total. The first-order valence-corrected chi connectivity index (χ1v) is 9.51. The van der Waals surface area contributed by atoms with Crippen LogP contribution in [0.1, 0.15) is 22.6 Å². The van der Waals surface area contributed by atoms with Crippen LogP contribution in [0.3, 0.4) is 0 Å². The number of hydrogen-bond acceptors (Lipinski definition) is 5. The van der Waals surface area contributed by atoms with Crippen LogP contribution in [0.5, 0.6) is 0 Å². The van der Waals surface area contributed by atoms with E-state index in [4.69, 9.17) is 5.73 Å². The zero-order valence-electron chi connectivity index (χ0n) is 15.0. The summed E-state index contributed by atoms with van der Waals surface area (Å²) in [6.07, 6.45) is 0.664. The van der Waals surface area contributed by atoms with Crippen molar-refractivity contribution in [2.24, 2.45) is 12.8 Å². The van der Waals surface area contributed by atoms with Gasteiger partial charge in [0.15, 0.2) is 10.9 Å². The van der Waals surface area contributed by atoms with Gasteiger partial charge in [-0.3, -0.25) is 9.59 Å². The Morgan fingerprint density at radius 3 is 2.33 bits per heavy atom. The van der Waals surface area contributed by atoms with Crippen LogP contribution >= 0.6 is 11.8 Å². The van der Waals surface area contributed by atoms with Gasteiger partial charge in [0.1, 0.15) is 5.82 Å². The van der Waals surface area contributed by atoms with Crippen molar-refractivity contribution in [2.45, 2.75) is 18.0 Å². The van der Waals surface area contributed by atoms with E-state index in [9.17, 15) is 9.59 Å². The highest BCUT2D eigenvalue weighted by Crippen LogP contribution is 2.21. The fraction of sp³-hybridized carbons (Fsp3) is 0.200. The first kappa shape index (κ1) is 18.8. The largest absolute Gasteiger partial charge is 0.370 e. The van der Waals surface area contributed by atoms with Crippen LogP contribution in [-0.2, 0) is 18.3 Å². The Morgan fingerprint density at radius 2 is 1.67 bits per heavy atom. The van der Waals surface area contributed by atoms with E-state index in [1.165, 1.54) is 11.8 Å². The Kier molecular flexibility index (Phi) is 6.03. The van der Waals surface area contributed by atoms with Crippen LogP contribution in [0.25, 0.3) is 11.1 Å². The predicted octanol–water partition coefficient (Wildman–Crippen LogP) is 2.88. The number of carbonyl (C=O) groups excluding carboxylic acids is 2. The van der Waals surface area contributed by atoms with Crippen LogP contribution in [0, 0.1) is 0 Å². The zero-order chi connectivity index (χ0) is 19.2. The summed E-state index contributed by atoms with van der Waals surface area (Å²) in [5.74, 6) is 0.602. The Morgan fingerprint density at radius 1 is 1.00 bits per heavy atom. The van der Waals surface area contributed by atoms with Gasteiger partial charge in [0.2, 0.25) is 5.91 Å². The summed E-state index contributed by atoms with van der Waals surface area (Å²) in [7, 11) is 1.82. The number of nitrogens with two attached hydrogens (primary N) is 1. The van der Waals surface area contributed by atoms with Crippen LogP contribution in [0.4, 0.5) is 0 Å². The summed E-state index contributed by atoms with van der Waals surface area (Å²) in [4.78, 5) is 23.4. The van der Waals surface area contributed by atoms with Crippen molar-refractivity contribution in [2.75, 3.05) is 5.75 Å². The van der Waals surface area contributed by atoms with Crippen LogP contribution in [0.2, 0.25) is 0 Å². The van der Waals surface area contributed by atoms with Gasteiger partial charge in [-0.2, -0.15) is 0 Å². The Hall–Kier alpha value is -2.93. The minimum Gasteiger partial charge on any atom is -0.370 e. The highest BCUT2D eigenvalue weighted by atomic mass is 32.2. The van der Waals surface area contributed by atoms with Gasteiger partial charge in [-0.25, -0.2) is 0 Å². The minimum absolute atomic E-state index is 0.0290. The number of nitrogens with zero attached hydrogens (tertiary/aromatic N) is 3. The maximum atomic E-state index is 12.5. The van der Waals surface area contributed by atoms with Crippen LogP contribution in [-0.4, -0.2) is 32.2 Å². The molecule has 0 bridgehead atoms. The highest BCUT2D eigenvalue weighted by Gasteiger charge is 2.13. The fourth-order valence-corrected chi connectivity index (χ4v) is 3.44. The van der Waals surface area contributed by atoms with E-state index in [0.29, 0.717) is 23.0 Å². The zero-order valence-corrected chi connectivity index (χ0v) is 15.8. The van der Waals surface area contributed by atoms with Gasteiger partial charge in [-0.1, -0.05) is 66.4 Å². The molecule has 27 heavy (non-hydrogen) atoms. The number of ketones is 1. The lowest BCUT2D eigenvalue weighted by Gasteiger charge is -2.05. The molecule has 0 aliphatic rings. The number of aromatic nitrogens is 3. The average Bonchev–Trinajstić information content (AvgIpc) is 3.05. The van der Waals surface area contributed by atoms with E-state index in [1.807, 2.05) is 61.6 Å². The average molecular weight is 380 g/mol. The molecule has 1 heterocycles. The lowest BCUT2D eigenvalue weighted by atomic mass is 10.0. The maximum Gasteiger partial charge on any atom is 0.217 e. The molecular formula is C20H20N4O2S. The molecule has 0 unspecified atom stereocenters. The molecular weight excluding hydrogens is 360 g/mol. The molecule has 6 nitrogen and oxygen atoms in total. The third-order valence-corrected chi connectivity index (χ3v) is 5.19. The molecule has 0 aliphatic heterocycles. The van der Waals surface area contributed by atoms with Crippen LogP contribution in [0.15, 0.2) is 59.8 Å². The molecule has 0 spiro atoms. The SMILES string of the molecule is Cn1c(CCC(N)=O)nnc1SCC(=O)c1ccc(-c2ccccc2)cc1. The van der Waals surface area contributed by atoms with Crippen molar-refractivity contribution >= 4 is 23.5 Å². The molecule has 3 rings (SSSR count). The van der Waals surface area contributed by atoms with Gasteiger partial charge in [-0.15, -0.1) is 10.2 Å². The van der Waals surface area contributed by atoms with E-state index in [2.05, 4.69) is 10.2 Å². The van der Waals surface area contributed by atoms with Crippen molar-refractivity contribution < 1.29 is 9.59 Å². The van der Waals surface area contributed by atoms with Gasteiger partial charge in [0.25, 0.3) is 0 Å². The Bertz CT molecular complexity index is 936. The number of carbonyl (C=O) groups is 2. The quantitative estimate of drug-likeness (QED) is 0.479. The number of amides is 1. The molecule has 0 fully saturated rings. The van der Waals surface area contributed by atoms with Gasteiger partial charge in [-0.05, 0) is 11.1 Å². The number of primary amides is 1. The molecule has 3 aromatic rings. The molecule has 0 saturated heterocycles. The second kappa shape index (κ2) is 8.64. The van der Waals surface area contributed by atoms with E-state index < -0.39 is 0 Å². The van der Waals surface area contributed by atoms with Crippen molar-refractivity contribution in [1.29, 1.82) is 0 Å². The summed E-state index contributed by atoms with van der Waals surface area (Å²) >= 11 is 1.33. The molecule has 0 aliphatic carbocycles. The van der Waals surface area contributed by atoms with Crippen molar-refractivity contribution in [1.82, 2.24) is 14.8 Å². The topological polar surface area (TPSA) is 90.9 Å². The fourth-order valence-electron chi connectivity index (χ4n) is 2.62. The first-order chi connectivity index (χ1) is 13.0. The van der Waals surface area contributed by atoms with E-state index in [-0.39, 0.29) is 23.9 Å². The molecule has 7 heteroatoms.